The molecule has 0 saturated heterocycles. The molecule has 2 N–H and O–H groups in total. The maximum Gasteiger partial charge on any atom is 0.334 e. The number of amides is 1. The number of ether oxygens (including phenoxy) is 1. The Kier molecular flexibility index (Phi) is 3.28. The van der Waals surface area contributed by atoms with Gasteiger partial charge in [0, 0.05) is 5.57 Å². The predicted octanol–water partition coefficient (Wildman–Crippen LogP) is 0.617. The van der Waals surface area contributed by atoms with E-state index in [2.05, 4.69) is 4.74 Å². The first-order valence-corrected chi connectivity index (χ1v) is 4.65. The summed E-state index contributed by atoms with van der Waals surface area (Å²) in [4.78, 5) is 22.5. The standard InChI is InChI=1S/C10H15NO3/c1-6-4-3-5-7(10(13)14-2)8(6)9(11)12/h5-6,8H,3-4H2,1-2H3,(H2,11,12). The third-order valence-electron chi connectivity index (χ3n) is 2.62. The van der Waals surface area contributed by atoms with E-state index < -0.39 is 17.8 Å². The van der Waals surface area contributed by atoms with Crippen LogP contribution in [0.15, 0.2) is 11.6 Å². The Hall–Kier alpha value is -1.32. The molecular formula is C10H15NO3. The fourth-order valence-electron chi connectivity index (χ4n) is 1.86. The molecule has 0 bridgehead atoms. The average molecular weight is 197 g/mol. The van der Waals surface area contributed by atoms with Crippen molar-refractivity contribution in [2.45, 2.75) is 19.8 Å². The predicted molar refractivity (Wildman–Crippen MR) is 51.2 cm³/mol. The largest absolute Gasteiger partial charge is 0.466 e. The molecule has 0 aromatic carbocycles. The van der Waals surface area contributed by atoms with Crippen LogP contribution in [-0.2, 0) is 14.3 Å². The van der Waals surface area contributed by atoms with Gasteiger partial charge in [0.1, 0.15) is 0 Å². The molecule has 2 unspecified atom stereocenters. The van der Waals surface area contributed by atoms with Crippen molar-refractivity contribution in [3.63, 3.8) is 0 Å². The summed E-state index contributed by atoms with van der Waals surface area (Å²) in [7, 11) is 1.31. The normalized spacial score (nSPS) is 26.6. The molecule has 4 heteroatoms. The zero-order chi connectivity index (χ0) is 10.7. The molecule has 1 aliphatic carbocycles. The molecule has 1 amide bonds. The van der Waals surface area contributed by atoms with Crippen LogP contribution in [0.4, 0.5) is 0 Å². The van der Waals surface area contributed by atoms with Gasteiger partial charge in [0.15, 0.2) is 0 Å². The third kappa shape index (κ3) is 1.95. The fourth-order valence-corrected chi connectivity index (χ4v) is 1.86. The van der Waals surface area contributed by atoms with Gasteiger partial charge < -0.3 is 10.5 Å². The lowest BCUT2D eigenvalue weighted by Crippen LogP contribution is -2.35. The van der Waals surface area contributed by atoms with Gasteiger partial charge in [0.2, 0.25) is 5.91 Å². The van der Waals surface area contributed by atoms with E-state index in [9.17, 15) is 9.59 Å². The lowest BCUT2D eigenvalue weighted by Gasteiger charge is -2.26. The lowest BCUT2D eigenvalue weighted by molar-refractivity contribution is -0.139. The molecule has 14 heavy (non-hydrogen) atoms. The number of hydrogen-bond acceptors (Lipinski definition) is 3. The molecular weight excluding hydrogens is 182 g/mol. The van der Waals surface area contributed by atoms with Crippen molar-refractivity contribution in [1.82, 2.24) is 0 Å². The minimum Gasteiger partial charge on any atom is -0.466 e. The Morgan fingerprint density at radius 2 is 2.21 bits per heavy atom. The number of carbonyl (C=O) groups is 2. The van der Waals surface area contributed by atoms with E-state index in [0.717, 1.165) is 12.8 Å². The fraction of sp³-hybridized carbons (Fsp3) is 0.600. The van der Waals surface area contributed by atoms with Gasteiger partial charge in [-0.05, 0) is 18.8 Å². The topological polar surface area (TPSA) is 69.4 Å². The van der Waals surface area contributed by atoms with Gasteiger partial charge in [0.05, 0.1) is 13.0 Å². The first-order valence-electron chi connectivity index (χ1n) is 4.65. The highest BCUT2D eigenvalue weighted by molar-refractivity contribution is 5.96. The molecule has 0 aromatic rings. The first kappa shape index (κ1) is 10.8. The van der Waals surface area contributed by atoms with E-state index in [0.29, 0.717) is 5.57 Å². The van der Waals surface area contributed by atoms with Crippen molar-refractivity contribution < 1.29 is 14.3 Å². The molecule has 0 radical (unpaired) electrons. The van der Waals surface area contributed by atoms with Crippen molar-refractivity contribution in [1.29, 1.82) is 0 Å². The Morgan fingerprint density at radius 3 is 2.71 bits per heavy atom. The van der Waals surface area contributed by atoms with Crippen LogP contribution in [0.25, 0.3) is 0 Å². The summed E-state index contributed by atoms with van der Waals surface area (Å²) in [5, 5.41) is 0. The number of hydrogen-bond donors (Lipinski definition) is 1. The number of methoxy groups -OCH3 is 1. The summed E-state index contributed by atoms with van der Waals surface area (Å²) < 4.78 is 4.60. The molecule has 2 atom stereocenters. The number of allylic oxidation sites excluding steroid dienone is 1. The second-order valence-corrected chi connectivity index (χ2v) is 3.59. The summed E-state index contributed by atoms with van der Waals surface area (Å²) in [6.07, 6.45) is 3.44. The number of primary amides is 1. The van der Waals surface area contributed by atoms with Crippen LogP contribution < -0.4 is 5.73 Å². The van der Waals surface area contributed by atoms with Crippen molar-refractivity contribution in [3.8, 4) is 0 Å². The van der Waals surface area contributed by atoms with Crippen molar-refractivity contribution in [3.05, 3.63) is 11.6 Å². The molecule has 0 spiro atoms. The Labute approximate surface area is 83.1 Å². The SMILES string of the molecule is COC(=O)C1=CCCC(C)C1C(N)=O. The first-order chi connectivity index (χ1) is 6.57. The quantitative estimate of drug-likeness (QED) is 0.659. The molecule has 1 rings (SSSR count). The summed E-state index contributed by atoms with van der Waals surface area (Å²) in [6, 6.07) is 0. The highest BCUT2D eigenvalue weighted by Crippen LogP contribution is 2.30. The number of carbonyl (C=O) groups excluding carboxylic acids is 2. The smallest absolute Gasteiger partial charge is 0.334 e. The molecule has 0 fully saturated rings. The summed E-state index contributed by atoms with van der Waals surface area (Å²) >= 11 is 0. The van der Waals surface area contributed by atoms with E-state index in [1.165, 1.54) is 7.11 Å². The monoisotopic (exact) mass is 197 g/mol. The van der Waals surface area contributed by atoms with E-state index in [1.54, 1.807) is 6.08 Å². The summed E-state index contributed by atoms with van der Waals surface area (Å²) in [6.45, 7) is 1.92. The molecule has 0 aromatic heterocycles. The van der Waals surface area contributed by atoms with Crippen molar-refractivity contribution in [2.75, 3.05) is 7.11 Å². The van der Waals surface area contributed by atoms with E-state index in [1.807, 2.05) is 6.92 Å². The highest BCUT2D eigenvalue weighted by atomic mass is 16.5. The van der Waals surface area contributed by atoms with E-state index in [4.69, 9.17) is 5.73 Å². The Balaban J connectivity index is 2.94. The molecule has 78 valence electrons. The zero-order valence-corrected chi connectivity index (χ0v) is 8.45. The molecule has 1 aliphatic rings. The highest BCUT2D eigenvalue weighted by Gasteiger charge is 2.33. The number of nitrogens with two attached hydrogens (primary N) is 1. The van der Waals surface area contributed by atoms with E-state index in [-0.39, 0.29) is 5.92 Å². The Morgan fingerprint density at radius 1 is 1.57 bits per heavy atom. The van der Waals surface area contributed by atoms with Crippen LogP contribution in [0.1, 0.15) is 19.8 Å². The van der Waals surface area contributed by atoms with Crippen LogP contribution in [0.2, 0.25) is 0 Å². The van der Waals surface area contributed by atoms with Crippen molar-refractivity contribution >= 4 is 11.9 Å². The van der Waals surface area contributed by atoms with Gasteiger partial charge >= 0.3 is 5.97 Å². The second-order valence-electron chi connectivity index (χ2n) is 3.59. The average Bonchev–Trinajstić information content (AvgIpc) is 2.15. The lowest BCUT2D eigenvalue weighted by atomic mass is 9.79. The zero-order valence-electron chi connectivity index (χ0n) is 8.45. The second kappa shape index (κ2) is 4.26. The van der Waals surface area contributed by atoms with Gasteiger partial charge in [0.25, 0.3) is 0 Å². The molecule has 0 aliphatic heterocycles. The molecule has 0 saturated carbocycles. The maximum atomic E-state index is 11.3. The van der Waals surface area contributed by atoms with Crippen LogP contribution in [0.5, 0.6) is 0 Å². The van der Waals surface area contributed by atoms with Crippen molar-refractivity contribution in [2.24, 2.45) is 17.6 Å². The van der Waals surface area contributed by atoms with E-state index >= 15 is 0 Å². The summed E-state index contributed by atoms with van der Waals surface area (Å²) in [5.74, 6) is -1.27. The summed E-state index contributed by atoms with van der Waals surface area (Å²) in [5.41, 5.74) is 5.67. The Bertz CT molecular complexity index is 283. The van der Waals surface area contributed by atoms with Gasteiger partial charge in [-0.25, -0.2) is 4.79 Å². The molecule has 0 heterocycles. The van der Waals surface area contributed by atoms with Crippen LogP contribution in [0.3, 0.4) is 0 Å². The maximum absolute atomic E-state index is 11.3. The van der Waals surface area contributed by atoms with Gasteiger partial charge in [-0.1, -0.05) is 13.0 Å². The van der Waals surface area contributed by atoms with Gasteiger partial charge in [-0.3, -0.25) is 4.79 Å². The van der Waals surface area contributed by atoms with Crippen LogP contribution in [-0.4, -0.2) is 19.0 Å². The minimum absolute atomic E-state index is 0.117. The van der Waals surface area contributed by atoms with Crippen LogP contribution >= 0.6 is 0 Å². The number of rotatable bonds is 2. The third-order valence-corrected chi connectivity index (χ3v) is 2.62. The van der Waals surface area contributed by atoms with Crippen LogP contribution in [0, 0.1) is 11.8 Å². The van der Waals surface area contributed by atoms with Gasteiger partial charge in [-0.2, -0.15) is 0 Å². The van der Waals surface area contributed by atoms with Gasteiger partial charge in [-0.15, -0.1) is 0 Å². The molecule has 4 nitrogen and oxygen atoms in total. The minimum atomic E-state index is -0.490. The number of esters is 1.